The Hall–Kier alpha value is -1.08. The number of carbonyl (C=O) groups is 1. The summed E-state index contributed by atoms with van der Waals surface area (Å²) in [6, 6.07) is 5.73. The predicted molar refractivity (Wildman–Crippen MR) is 91.5 cm³/mol. The topological polar surface area (TPSA) is 44.1 Å². The van der Waals surface area contributed by atoms with E-state index < -0.39 is 5.97 Å². The van der Waals surface area contributed by atoms with E-state index in [4.69, 9.17) is 16.3 Å². The van der Waals surface area contributed by atoms with Crippen molar-refractivity contribution in [2.24, 2.45) is 0 Å². The fourth-order valence-corrected chi connectivity index (χ4v) is 3.40. The van der Waals surface area contributed by atoms with Crippen molar-refractivity contribution < 1.29 is 9.53 Å². The number of ether oxygens (including phenoxy) is 1. The minimum atomic E-state index is -0.432. The molecule has 1 aromatic heterocycles. The van der Waals surface area contributed by atoms with Gasteiger partial charge < -0.3 is 4.74 Å². The Kier molecular flexibility index (Phi) is 4.93. The van der Waals surface area contributed by atoms with Crippen LogP contribution in [0.3, 0.4) is 0 Å². The maximum absolute atomic E-state index is 11.8. The third-order valence-corrected chi connectivity index (χ3v) is 4.66. The lowest BCUT2D eigenvalue weighted by atomic mass is 10.1. The molecular weight excluding hydrogens is 403 g/mol. The lowest BCUT2D eigenvalue weighted by molar-refractivity contribution is 0.0592. The molecule has 2 rings (SSSR count). The van der Waals surface area contributed by atoms with Gasteiger partial charge in [0.1, 0.15) is 0 Å². The second-order valence-electron chi connectivity index (χ2n) is 5.04. The van der Waals surface area contributed by atoms with Crippen LogP contribution in [0, 0.1) is 10.5 Å². The maximum Gasteiger partial charge on any atom is 0.359 e. The monoisotopic (exact) mass is 418 g/mol. The van der Waals surface area contributed by atoms with Crippen LogP contribution in [0.5, 0.6) is 0 Å². The number of benzene rings is 1. The number of aromatic nitrogens is 2. The largest absolute Gasteiger partial charge is 0.464 e. The molecule has 1 aromatic carbocycles. The first-order valence-corrected chi connectivity index (χ1v) is 7.95. The molecule has 21 heavy (non-hydrogen) atoms. The highest BCUT2D eigenvalue weighted by Crippen LogP contribution is 2.29. The molecule has 0 N–H and O–H groups in total. The van der Waals surface area contributed by atoms with Crippen LogP contribution in [0.1, 0.15) is 41.5 Å². The number of carbonyl (C=O) groups excluding carboxylic acids is 1. The number of nitrogens with zero attached hydrogens (tertiary/aromatic N) is 2. The first-order chi connectivity index (χ1) is 9.86. The number of hydrogen-bond acceptors (Lipinski definition) is 3. The molecule has 0 fully saturated rings. The second kappa shape index (κ2) is 6.36. The van der Waals surface area contributed by atoms with Gasteiger partial charge in [0.05, 0.1) is 22.1 Å². The zero-order chi connectivity index (χ0) is 15.7. The highest BCUT2D eigenvalue weighted by atomic mass is 127. The lowest BCUT2D eigenvalue weighted by Crippen LogP contribution is -2.06. The van der Waals surface area contributed by atoms with Gasteiger partial charge in [-0.25, -0.2) is 9.48 Å². The van der Waals surface area contributed by atoms with Gasteiger partial charge in [-0.15, -0.1) is 0 Å². The van der Waals surface area contributed by atoms with Crippen LogP contribution < -0.4 is 0 Å². The van der Waals surface area contributed by atoms with E-state index in [1.807, 2.05) is 25.1 Å². The third kappa shape index (κ3) is 3.08. The lowest BCUT2D eigenvalue weighted by Gasteiger charge is -2.11. The summed E-state index contributed by atoms with van der Waals surface area (Å²) < 4.78 is 7.38. The molecule has 0 atom stereocenters. The third-order valence-electron chi connectivity index (χ3n) is 3.19. The molecular formula is C15H16ClIN2O2. The smallest absolute Gasteiger partial charge is 0.359 e. The van der Waals surface area contributed by atoms with E-state index in [0.717, 1.165) is 20.5 Å². The van der Waals surface area contributed by atoms with Gasteiger partial charge in [-0.05, 0) is 53.1 Å². The van der Waals surface area contributed by atoms with Gasteiger partial charge >= 0.3 is 5.97 Å². The summed E-state index contributed by atoms with van der Waals surface area (Å²) in [6.07, 6.45) is 0. The van der Waals surface area contributed by atoms with Crippen LogP contribution in [-0.4, -0.2) is 22.9 Å². The molecule has 0 radical (unpaired) electrons. The fraction of sp³-hybridized carbons (Fsp3) is 0.333. The van der Waals surface area contributed by atoms with E-state index in [1.54, 1.807) is 4.68 Å². The van der Waals surface area contributed by atoms with Crippen molar-refractivity contribution in [2.45, 2.75) is 26.7 Å². The molecule has 0 saturated heterocycles. The first-order valence-electron chi connectivity index (χ1n) is 6.50. The highest BCUT2D eigenvalue weighted by Gasteiger charge is 2.24. The van der Waals surface area contributed by atoms with E-state index in [2.05, 4.69) is 41.5 Å². The van der Waals surface area contributed by atoms with Crippen LogP contribution in [-0.2, 0) is 4.74 Å². The van der Waals surface area contributed by atoms with Gasteiger partial charge in [-0.2, -0.15) is 5.10 Å². The molecule has 6 heteroatoms. The van der Waals surface area contributed by atoms with Gasteiger partial charge in [-0.1, -0.05) is 31.5 Å². The number of methoxy groups -OCH3 is 1. The molecule has 112 valence electrons. The summed E-state index contributed by atoms with van der Waals surface area (Å²) >= 11 is 8.34. The quantitative estimate of drug-likeness (QED) is 0.550. The molecule has 0 spiro atoms. The van der Waals surface area contributed by atoms with Gasteiger partial charge in [-0.3, -0.25) is 0 Å². The molecule has 0 amide bonds. The van der Waals surface area contributed by atoms with E-state index in [1.165, 1.54) is 7.11 Å². The molecule has 2 aromatic rings. The number of esters is 1. The second-order valence-corrected chi connectivity index (χ2v) is 6.53. The molecule has 1 heterocycles. The summed E-state index contributed by atoms with van der Waals surface area (Å²) in [5, 5.41) is 5.09. The summed E-state index contributed by atoms with van der Waals surface area (Å²) in [6.45, 7) is 6.07. The number of aryl methyl sites for hydroxylation is 1. The van der Waals surface area contributed by atoms with E-state index in [9.17, 15) is 4.79 Å². The van der Waals surface area contributed by atoms with Crippen molar-refractivity contribution in [3.05, 3.63) is 43.7 Å². The average molecular weight is 419 g/mol. The molecule has 4 nitrogen and oxygen atoms in total. The fourth-order valence-electron chi connectivity index (χ4n) is 2.05. The molecule has 0 bridgehead atoms. The average Bonchev–Trinajstić information content (AvgIpc) is 2.78. The zero-order valence-electron chi connectivity index (χ0n) is 12.3. The Labute approximate surface area is 142 Å². The van der Waals surface area contributed by atoms with Crippen LogP contribution in [0.15, 0.2) is 18.2 Å². The Balaban J connectivity index is 2.67. The Morgan fingerprint density at radius 2 is 2.10 bits per heavy atom. The Morgan fingerprint density at radius 3 is 2.62 bits per heavy atom. The van der Waals surface area contributed by atoms with Crippen molar-refractivity contribution in [3.8, 4) is 5.69 Å². The molecule has 0 saturated carbocycles. The Morgan fingerprint density at radius 1 is 1.43 bits per heavy atom. The molecule has 0 unspecified atom stereocenters. The number of rotatable bonds is 3. The number of hydrogen-bond donors (Lipinski definition) is 0. The van der Waals surface area contributed by atoms with Crippen molar-refractivity contribution in [2.75, 3.05) is 7.11 Å². The molecule has 0 aliphatic carbocycles. The van der Waals surface area contributed by atoms with Gasteiger partial charge in [0.2, 0.25) is 0 Å². The van der Waals surface area contributed by atoms with E-state index in [-0.39, 0.29) is 5.92 Å². The summed E-state index contributed by atoms with van der Waals surface area (Å²) in [4.78, 5) is 11.8. The van der Waals surface area contributed by atoms with Crippen molar-refractivity contribution in [1.82, 2.24) is 9.78 Å². The van der Waals surface area contributed by atoms with Crippen LogP contribution >= 0.6 is 34.2 Å². The van der Waals surface area contributed by atoms with Crippen molar-refractivity contribution in [3.63, 3.8) is 0 Å². The summed E-state index contributed by atoms with van der Waals surface area (Å²) in [7, 11) is 1.36. The predicted octanol–water partition coefficient (Wildman–Crippen LogP) is 4.35. The maximum atomic E-state index is 11.8. The minimum absolute atomic E-state index is 0.211. The zero-order valence-corrected chi connectivity index (χ0v) is 15.2. The standard InChI is InChI=1S/C15H16ClIN2O2/c1-8(2)14-12(17)13(15(20)21-4)18-19(14)10-6-5-9(3)11(16)7-10/h5-8H,1-4H3. The van der Waals surface area contributed by atoms with Gasteiger partial charge in [0.25, 0.3) is 0 Å². The van der Waals surface area contributed by atoms with Crippen LogP contribution in [0.25, 0.3) is 5.69 Å². The first kappa shape index (κ1) is 16.3. The van der Waals surface area contributed by atoms with Crippen LogP contribution in [0.4, 0.5) is 0 Å². The highest BCUT2D eigenvalue weighted by molar-refractivity contribution is 14.1. The van der Waals surface area contributed by atoms with Crippen molar-refractivity contribution in [1.29, 1.82) is 0 Å². The number of halogens is 2. The van der Waals surface area contributed by atoms with E-state index in [0.29, 0.717) is 10.7 Å². The summed E-state index contributed by atoms with van der Waals surface area (Å²) in [5.41, 5.74) is 3.14. The normalized spacial score (nSPS) is 11.0. The summed E-state index contributed by atoms with van der Waals surface area (Å²) in [5.74, 6) is -0.221. The van der Waals surface area contributed by atoms with E-state index >= 15 is 0 Å². The molecule has 0 aliphatic rings. The SMILES string of the molecule is COC(=O)c1nn(-c2ccc(C)c(Cl)c2)c(C(C)C)c1I. The Bertz CT molecular complexity index is 695. The van der Waals surface area contributed by atoms with Crippen molar-refractivity contribution >= 4 is 40.2 Å². The minimum Gasteiger partial charge on any atom is -0.464 e. The van der Waals surface area contributed by atoms with Gasteiger partial charge in [0.15, 0.2) is 5.69 Å². The van der Waals surface area contributed by atoms with Crippen LogP contribution in [0.2, 0.25) is 5.02 Å². The molecule has 0 aliphatic heterocycles. The van der Waals surface area contributed by atoms with Gasteiger partial charge in [0, 0.05) is 5.02 Å².